The summed E-state index contributed by atoms with van der Waals surface area (Å²) in [5.41, 5.74) is 4.22. The van der Waals surface area contributed by atoms with Crippen LogP contribution in [0, 0.1) is 5.82 Å². The molecule has 0 heterocycles. The molecular formula is C34H32FNO3S. The second kappa shape index (κ2) is 12.4. The van der Waals surface area contributed by atoms with E-state index in [0.29, 0.717) is 35.2 Å². The Labute approximate surface area is 235 Å². The van der Waals surface area contributed by atoms with Crippen molar-refractivity contribution in [1.82, 2.24) is 0 Å². The van der Waals surface area contributed by atoms with Gasteiger partial charge in [-0.2, -0.15) is 0 Å². The number of carbonyl (C=O) groups excluding carboxylic acids is 1. The lowest BCUT2D eigenvalue weighted by molar-refractivity contribution is -0.111. The van der Waals surface area contributed by atoms with Gasteiger partial charge in [0.05, 0.1) is 10.1 Å². The lowest BCUT2D eigenvalue weighted by Gasteiger charge is -2.16. The van der Waals surface area contributed by atoms with Crippen LogP contribution < -0.4 is 5.32 Å². The molecule has 0 atom stereocenters. The van der Waals surface area contributed by atoms with E-state index in [0.717, 1.165) is 36.8 Å². The number of benzene rings is 4. The smallest absolute Gasteiger partial charge is 0.256 e. The quantitative estimate of drug-likeness (QED) is 0.143. The Hall–Kier alpha value is -4.03. The molecule has 1 aliphatic rings. The van der Waals surface area contributed by atoms with Gasteiger partial charge in [-0.25, -0.2) is 12.8 Å². The molecule has 204 valence electrons. The van der Waals surface area contributed by atoms with Crippen LogP contribution in [0.2, 0.25) is 0 Å². The molecule has 0 saturated heterocycles. The summed E-state index contributed by atoms with van der Waals surface area (Å²) >= 11 is 0. The van der Waals surface area contributed by atoms with E-state index >= 15 is 0 Å². The van der Waals surface area contributed by atoms with Gasteiger partial charge in [-0.3, -0.25) is 4.79 Å². The molecule has 6 heteroatoms. The van der Waals surface area contributed by atoms with E-state index in [-0.39, 0.29) is 16.6 Å². The van der Waals surface area contributed by atoms with Crippen molar-refractivity contribution in [3.8, 4) is 11.1 Å². The van der Waals surface area contributed by atoms with Gasteiger partial charge in [0.15, 0.2) is 9.84 Å². The SMILES string of the molecule is O=C(Nc1cccc(S(=O)(=O)C2CCCCCC2)c1)/C(=C/c1ccc(F)cc1)c1ccc(-c2ccccc2)cc1. The molecule has 1 N–H and O–H groups in total. The predicted octanol–water partition coefficient (Wildman–Crippen LogP) is 8.17. The van der Waals surface area contributed by atoms with E-state index in [1.165, 1.54) is 12.1 Å². The Morgan fingerprint density at radius 2 is 1.40 bits per heavy atom. The number of hydrogen-bond acceptors (Lipinski definition) is 3. The van der Waals surface area contributed by atoms with Crippen molar-refractivity contribution in [2.75, 3.05) is 5.32 Å². The molecule has 0 radical (unpaired) electrons. The van der Waals surface area contributed by atoms with E-state index < -0.39 is 15.1 Å². The van der Waals surface area contributed by atoms with Gasteiger partial charge in [0.1, 0.15) is 5.82 Å². The monoisotopic (exact) mass is 553 g/mol. The summed E-state index contributed by atoms with van der Waals surface area (Å²) in [4.78, 5) is 13.9. The van der Waals surface area contributed by atoms with Gasteiger partial charge in [-0.15, -0.1) is 0 Å². The van der Waals surface area contributed by atoms with E-state index in [1.54, 1.807) is 42.5 Å². The molecule has 4 aromatic rings. The van der Waals surface area contributed by atoms with Gasteiger partial charge in [0, 0.05) is 11.3 Å². The molecule has 1 fully saturated rings. The maximum atomic E-state index is 13.6. The first-order chi connectivity index (χ1) is 19.4. The normalized spacial score (nSPS) is 14.9. The zero-order valence-corrected chi connectivity index (χ0v) is 23.0. The number of nitrogens with one attached hydrogen (secondary N) is 1. The molecule has 1 aliphatic carbocycles. The molecule has 0 aromatic heterocycles. The average molecular weight is 554 g/mol. The predicted molar refractivity (Wildman–Crippen MR) is 160 cm³/mol. The number of anilines is 1. The Bertz CT molecular complexity index is 1590. The molecule has 4 nitrogen and oxygen atoms in total. The first-order valence-electron chi connectivity index (χ1n) is 13.7. The third-order valence-electron chi connectivity index (χ3n) is 7.39. The fourth-order valence-electron chi connectivity index (χ4n) is 5.17. The van der Waals surface area contributed by atoms with Crippen molar-refractivity contribution < 1.29 is 17.6 Å². The highest BCUT2D eigenvalue weighted by Crippen LogP contribution is 2.30. The summed E-state index contributed by atoms with van der Waals surface area (Å²) in [7, 11) is -3.50. The van der Waals surface area contributed by atoms with E-state index in [1.807, 2.05) is 54.6 Å². The van der Waals surface area contributed by atoms with Crippen molar-refractivity contribution >= 4 is 33.1 Å². The van der Waals surface area contributed by atoms with Crippen LogP contribution in [-0.4, -0.2) is 19.6 Å². The molecule has 0 spiro atoms. The minimum Gasteiger partial charge on any atom is -0.322 e. The van der Waals surface area contributed by atoms with Gasteiger partial charge in [0.25, 0.3) is 5.91 Å². The fourth-order valence-corrected chi connectivity index (χ4v) is 7.07. The summed E-state index contributed by atoms with van der Waals surface area (Å²) in [5, 5.41) is 2.51. The molecule has 0 bridgehead atoms. The lowest BCUT2D eigenvalue weighted by atomic mass is 9.98. The van der Waals surface area contributed by atoms with E-state index in [9.17, 15) is 17.6 Å². The highest BCUT2D eigenvalue weighted by atomic mass is 32.2. The van der Waals surface area contributed by atoms with Crippen molar-refractivity contribution in [3.63, 3.8) is 0 Å². The molecule has 40 heavy (non-hydrogen) atoms. The Balaban J connectivity index is 1.44. The van der Waals surface area contributed by atoms with Gasteiger partial charge in [-0.05, 0) is 71.5 Å². The minimum absolute atomic E-state index is 0.230. The van der Waals surface area contributed by atoms with Crippen LogP contribution in [0.1, 0.15) is 49.7 Å². The number of halogens is 1. The van der Waals surface area contributed by atoms with E-state index in [2.05, 4.69) is 5.32 Å². The van der Waals surface area contributed by atoms with Crippen LogP contribution >= 0.6 is 0 Å². The molecule has 4 aromatic carbocycles. The molecular weight excluding hydrogens is 521 g/mol. The van der Waals surface area contributed by atoms with Crippen LogP contribution in [0.25, 0.3) is 22.8 Å². The van der Waals surface area contributed by atoms with E-state index in [4.69, 9.17) is 0 Å². The Morgan fingerprint density at radius 1 is 0.750 bits per heavy atom. The van der Waals surface area contributed by atoms with Crippen molar-refractivity contribution in [1.29, 1.82) is 0 Å². The molecule has 0 unspecified atom stereocenters. The highest BCUT2D eigenvalue weighted by Gasteiger charge is 2.28. The summed E-state index contributed by atoms with van der Waals surface area (Å²) in [6.45, 7) is 0. The summed E-state index contributed by atoms with van der Waals surface area (Å²) in [5.74, 6) is -0.747. The van der Waals surface area contributed by atoms with Crippen LogP contribution in [0.5, 0.6) is 0 Å². The van der Waals surface area contributed by atoms with Crippen molar-refractivity contribution in [2.45, 2.75) is 48.7 Å². The molecule has 1 amide bonds. The Kier molecular flexibility index (Phi) is 8.56. The second-order valence-corrected chi connectivity index (χ2v) is 12.4. The lowest BCUT2D eigenvalue weighted by Crippen LogP contribution is -2.21. The largest absolute Gasteiger partial charge is 0.322 e. The second-order valence-electron chi connectivity index (χ2n) is 10.2. The van der Waals surface area contributed by atoms with Crippen LogP contribution in [0.15, 0.2) is 108 Å². The number of amides is 1. The number of hydrogen-bond donors (Lipinski definition) is 1. The first-order valence-corrected chi connectivity index (χ1v) is 15.2. The van der Waals surface area contributed by atoms with Gasteiger partial charge < -0.3 is 5.32 Å². The topological polar surface area (TPSA) is 63.2 Å². The number of sulfone groups is 1. The highest BCUT2D eigenvalue weighted by molar-refractivity contribution is 7.92. The zero-order valence-electron chi connectivity index (χ0n) is 22.2. The maximum absolute atomic E-state index is 13.6. The summed E-state index contributed by atoms with van der Waals surface area (Å²) < 4.78 is 40.3. The van der Waals surface area contributed by atoms with Crippen LogP contribution in [-0.2, 0) is 14.6 Å². The Morgan fingerprint density at radius 3 is 2.08 bits per heavy atom. The number of rotatable bonds is 7. The fraction of sp³-hybridized carbons (Fsp3) is 0.206. The third-order valence-corrected chi connectivity index (χ3v) is 9.65. The van der Waals surface area contributed by atoms with Crippen molar-refractivity contribution in [3.05, 3.63) is 120 Å². The molecule has 5 rings (SSSR count). The summed E-state index contributed by atoms with van der Waals surface area (Å²) in [6, 6.07) is 30.0. The third kappa shape index (κ3) is 6.57. The average Bonchev–Trinajstić information content (AvgIpc) is 3.28. The van der Waals surface area contributed by atoms with Crippen LogP contribution in [0.3, 0.4) is 0 Å². The summed E-state index contributed by atoms with van der Waals surface area (Å²) in [6.07, 6.45) is 7.01. The van der Waals surface area contributed by atoms with Crippen LogP contribution in [0.4, 0.5) is 10.1 Å². The van der Waals surface area contributed by atoms with Crippen molar-refractivity contribution in [2.24, 2.45) is 0 Å². The minimum atomic E-state index is -3.50. The van der Waals surface area contributed by atoms with Gasteiger partial charge >= 0.3 is 0 Å². The molecule has 1 saturated carbocycles. The number of carbonyl (C=O) groups is 1. The van der Waals surface area contributed by atoms with Gasteiger partial charge in [-0.1, -0.05) is 98.5 Å². The standard InChI is InChI=1S/C34H32FNO3S/c35-29-21-15-25(16-22-29)23-33(28-19-17-27(18-20-28)26-9-4-3-5-10-26)34(37)36-30-11-8-14-32(24-30)40(38,39)31-12-6-1-2-7-13-31/h3-5,8-11,14-24,31H,1-2,6-7,12-13H2,(H,36,37)/b33-23+. The van der Waals surface area contributed by atoms with Gasteiger partial charge in [0.2, 0.25) is 0 Å². The zero-order chi connectivity index (χ0) is 28.0. The molecule has 0 aliphatic heterocycles. The maximum Gasteiger partial charge on any atom is 0.256 e. The first kappa shape index (κ1) is 27.5.